The molecule has 0 fully saturated rings. The van der Waals surface area contributed by atoms with Crippen molar-refractivity contribution < 1.29 is 4.39 Å². The van der Waals surface area contributed by atoms with Gasteiger partial charge < -0.3 is 4.98 Å². The van der Waals surface area contributed by atoms with Crippen LogP contribution in [0.25, 0.3) is 11.0 Å². The summed E-state index contributed by atoms with van der Waals surface area (Å²) < 4.78 is 13.4. The van der Waals surface area contributed by atoms with Gasteiger partial charge in [0, 0.05) is 16.1 Å². The molecule has 0 saturated carbocycles. The van der Waals surface area contributed by atoms with E-state index in [4.69, 9.17) is 0 Å². The van der Waals surface area contributed by atoms with Crippen molar-refractivity contribution in [3.05, 3.63) is 28.7 Å². The number of H-pyrrole nitrogens is 1. The van der Waals surface area contributed by atoms with Crippen LogP contribution in [0.4, 0.5) is 4.39 Å². The van der Waals surface area contributed by atoms with Gasteiger partial charge in [-0.15, -0.1) is 0 Å². The highest BCUT2D eigenvalue weighted by Gasteiger charge is 2.01. The molecule has 0 radical (unpaired) electrons. The summed E-state index contributed by atoms with van der Waals surface area (Å²) in [6, 6.07) is 3.01. The highest BCUT2D eigenvalue weighted by atomic mass is 79.9. The summed E-state index contributed by atoms with van der Waals surface area (Å²) in [7, 11) is 0. The lowest BCUT2D eigenvalue weighted by Gasteiger charge is -1.88. The van der Waals surface area contributed by atoms with Crippen LogP contribution in [-0.2, 0) is 0 Å². The molecule has 1 N–H and O–H groups in total. The molecule has 2 aromatic heterocycles. The monoisotopic (exact) mass is 214 g/mol. The van der Waals surface area contributed by atoms with E-state index in [1.54, 1.807) is 12.3 Å². The maximum atomic E-state index is 12.5. The molecule has 4 heteroatoms. The second kappa shape index (κ2) is 2.30. The van der Waals surface area contributed by atoms with E-state index in [1.165, 1.54) is 6.07 Å². The van der Waals surface area contributed by atoms with Gasteiger partial charge in [0.1, 0.15) is 5.65 Å². The highest BCUT2D eigenvalue weighted by Crippen LogP contribution is 2.21. The molecule has 56 valence electrons. The molecule has 0 amide bonds. The van der Waals surface area contributed by atoms with Crippen LogP contribution in [0, 0.1) is 5.95 Å². The van der Waals surface area contributed by atoms with Crippen LogP contribution in [0.2, 0.25) is 0 Å². The van der Waals surface area contributed by atoms with E-state index >= 15 is 0 Å². The highest BCUT2D eigenvalue weighted by molar-refractivity contribution is 9.10. The number of pyridine rings is 1. The third-order valence-electron chi connectivity index (χ3n) is 1.45. The van der Waals surface area contributed by atoms with Crippen molar-refractivity contribution in [3.8, 4) is 0 Å². The number of halogens is 2. The Morgan fingerprint density at radius 1 is 1.45 bits per heavy atom. The molecule has 0 aliphatic carbocycles. The van der Waals surface area contributed by atoms with Crippen LogP contribution in [0.5, 0.6) is 0 Å². The number of hydrogen-bond donors (Lipinski definition) is 1. The average Bonchev–Trinajstić information content (AvgIpc) is 2.32. The zero-order chi connectivity index (χ0) is 7.84. The van der Waals surface area contributed by atoms with Crippen molar-refractivity contribution in [3.63, 3.8) is 0 Å². The normalized spacial score (nSPS) is 10.7. The minimum atomic E-state index is -0.466. The first kappa shape index (κ1) is 6.79. The molecular weight excluding hydrogens is 211 g/mol. The summed E-state index contributed by atoms with van der Waals surface area (Å²) >= 11 is 3.30. The van der Waals surface area contributed by atoms with Crippen molar-refractivity contribution in [2.45, 2.75) is 0 Å². The van der Waals surface area contributed by atoms with E-state index in [9.17, 15) is 4.39 Å². The Labute approximate surface area is 70.6 Å². The van der Waals surface area contributed by atoms with Gasteiger partial charge in [0.05, 0.1) is 0 Å². The zero-order valence-corrected chi connectivity index (χ0v) is 7.02. The molecule has 0 bridgehead atoms. The van der Waals surface area contributed by atoms with Gasteiger partial charge in [0.15, 0.2) is 0 Å². The minimum Gasteiger partial charge on any atom is -0.345 e. The lowest BCUT2D eigenvalue weighted by molar-refractivity contribution is 0.588. The Balaban J connectivity index is 2.86. The van der Waals surface area contributed by atoms with E-state index in [1.807, 2.05) is 0 Å². The summed E-state index contributed by atoms with van der Waals surface area (Å²) in [5.74, 6) is -0.466. The Kier molecular flexibility index (Phi) is 1.42. The van der Waals surface area contributed by atoms with Crippen LogP contribution in [0.1, 0.15) is 0 Å². The van der Waals surface area contributed by atoms with Gasteiger partial charge in [-0.2, -0.15) is 4.39 Å². The molecule has 0 aromatic carbocycles. The maximum absolute atomic E-state index is 12.5. The molecule has 0 saturated heterocycles. The van der Waals surface area contributed by atoms with Gasteiger partial charge in [0.2, 0.25) is 5.95 Å². The number of rotatable bonds is 0. The topological polar surface area (TPSA) is 28.7 Å². The smallest absolute Gasteiger partial charge is 0.214 e. The van der Waals surface area contributed by atoms with Crippen molar-refractivity contribution in [2.75, 3.05) is 0 Å². The summed E-state index contributed by atoms with van der Waals surface area (Å²) in [4.78, 5) is 6.47. The molecule has 0 unspecified atom stereocenters. The molecule has 2 nitrogen and oxygen atoms in total. The number of fused-ring (bicyclic) bond motifs is 1. The fourth-order valence-electron chi connectivity index (χ4n) is 0.948. The summed E-state index contributed by atoms with van der Waals surface area (Å²) in [6.07, 6.45) is 1.73. The van der Waals surface area contributed by atoms with Gasteiger partial charge in [-0.25, -0.2) is 4.98 Å². The van der Waals surface area contributed by atoms with Gasteiger partial charge in [-0.05, 0) is 28.1 Å². The van der Waals surface area contributed by atoms with Crippen LogP contribution in [0.15, 0.2) is 22.8 Å². The molecular formula is C7H4BrFN2. The number of aromatic nitrogens is 2. The minimum absolute atomic E-state index is 0.466. The summed E-state index contributed by atoms with van der Waals surface area (Å²) in [5, 5.41) is 0.895. The Morgan fingerprint density at radius 2 is 2.27 bits per heavy atom. The third kappa shape index (κ3) is 1.03. The maximum Gasteiger partial charge on any atom is 0.214 e. The first-order valence-electron chi connectivity index (χ1n) is 3.06. The second-order valence-corrected chi connectivity index (χ2v) is 3.02. The van der Waals surface area contributed by atoms with E-state index in [0.29, 0.717) is 5.65 Å². The quantitative estimate of drug-likeness (QED) is 0.671. The van der Waals surface area contributed by atoms with Crippen LogP contribution >= 0.6 is 15.9 Å². The summed E-state index contributed by atoms with van der Waals surface area (Å²) in [5.41, 5.74) is 0.567. The van der Waals surface area contributed by atoms with Crippen LogP contribution in [-0.4, -0.2) is 9.97 Å². The number of hydrogen-bond acceptors (Lipinski definition) is 1. The van der Waals surface area contributed by atoms with Crippen molar-refractivity contribution in [1.82, 2.24) is 9.97 Å². The van der Waals surface area contributed by atoms with E-state index in [-0.39, 0.29) is 0 Å². The predicted octanol–water partition coefficient (Wildman–Crippen LogP) is 2.46. The average molecular weight is 215 g/mol. The van der Waals surface area contributed by atoms with E-state index in [2.05, 4.69) is 25.9 Å². The van der Waals surface area contributed by atoms with E-state index < -0.39 is 5.95 Å². The van der Waals surface area contributed by atoms with Gasteiger partial charge >= 0.3 is 0 Å². The molecule has 0 aliphatic heterocycles. The Hall–Kier alpha value is -0.900. The summed E-state index contributed by atoms with van der Waals surface area (Å²) in [6.45, 7) is 0. The molecule has 2 rings (SSSR count). The Morgan fingerprint density at radius 3 is 3.09 bits per heavy atom. The van der Waals surface area contributed by atoms with Crippen molar-refractivity contribution in [2.24, 2.45) is 0 Å². The first-order chi connectivity index (χ1) is 5.27. The lowest BCUT2D eigenvalue weighted by Crippen LogP contribution is -1.80. The number of aromatic amines is 1. The van der Waals surface area contributed by atoms with Gasteiger partial charge in [-0.1, -0.05) is 0 Å². The van der Waals surface area contributed by atoms with E-state index in [0.717, 1.165) is 9.86 Å². The number of nitrogens with one attached hydrogen (secondary N) is 1. The second-order valence-electron chi connectivity index (χ2n) is 2.17. The van der Waals surface area contributed by atoms with Crippen LogP contribution < -0.4 is 0 Å². The van der Waals surface area contributed by atoms with Crippen molar-refractivity contribution >= 4 is 27.0 Å². The molecule has 2 heterocycles. The standard InChI is InChI=1S/C7H4BrFN2/c8-5-3-10-7-4(5)1-2-6(9)11-7/h1-3H,(H,10,11). The lowest BCUT2D eigenvalue weighted by atomic mass is 10.3. The predicted molar refractivity (Wildman–Crippen MR) is 43.8 cm³/mol. The van der Waals surface area contributed by atoms with Crippen LogP contribution in [0.3, 0.4) is 0 Å². The molecule has 0 spiro atoms. The van der Waals surface area contributed by atoms with Gasteiger partial charge in [0.25, 0.3) is 0 Å². The zero-order valence-electron chi connectivity index (χ0n) is 5.44. The first-order valence-corrected chi connectivity index (χ1v) is 3.86. The van der Waals surface area contributed by atoms with Gasteiger partial charge in [-0.3, -0.25) is 0 Å². The molecule has 2 aromatic rings. The Bertz CT molecular complexity index is 396. The fourth-order valence-corrected chi connectivity index (χ4v) is 1.38. The molecule has 11 heavy (non-hydrogen) atoms. The largest absolute Gasteiger partial charge is 0.345 e. The third-order valence-corrected chi connectivity index (χ3v) is 2.11. The fraction of sp³-hybridized carbons (Fsp3) is 0. The van der Waals surface area contributed by atoms with Crippen molar-refractivity contribution in [1.29, 1.82) is 0 Å². The SMILES string of the molecule is Fc1ccc2c(Br)c[nH]c2n1. The molecule has 0 aliphatic rings. The molecule has 0 atom stereocenters. The number of nitrogens with zero attached hydrogens (tertiary/aromatic N) is 1.